The van der Waals surface area contributed by atoms with E-state index < -0.39 is 0 Å². The Balaban J connectivity index is 0.000000500. The van der Waals surface area contributed by atoms with Crippen LogP contribution in [0.15, 0.2) is 41.0 Å². The first-order chi connectivity index (χ1) is 4.47. The molecule has 1 aromatic heterocycles. The Kier molecular flexibility index (Phi) is 1.73. The van der Waals surface area contributed by atoms with Gasteiger partial charge in [0.25, 0.3) is 0 Å². The molecule has 0 bridgehead atoms. The van der Waals surface area contributed by atoms with Crippen LogP contribution in [0.4, 0.5) is 0 Å². The largest absolute Gasteiger partial charge is 0.464 e. The minimum absolute atomic E-state index is 0. The summed E-state index contributed by atoms with van der Waals surface area (Å²) >= 11 is 0. The summed E-state index contributed by atoms with van der Waals surface area (Å²) < 4.78 is 5.12. The van der Waals surface area contributed by atoms with Crippen molar-refractivity contribution < 1.29 is 4.42 Å². The molecule has 1 aromatic carbocycles. The summed E-state index contributed by atoms with van der Waals surface area (Å²) in [6.45, 7) is 0. The summed E-state index contributed by atoms with van der Waals surface area (Å²) in [5.41, 5.74) is 0.956. The number of para-hydroxylation sites is 1. The van der Waals surface area contributed by atoms with Gasteiger partial charge in [-0.25, -0.2) is 0 Å². The van der Waals surface area contributed by atoms with Gasteiger partial charge in [0, 0.05) is 11.5 Å². The second-order valence-corrected chi connectivity index (χ2v) is 1.96. The molecule has 1 heterocycles. The lowest BCUT2D eigenvalue weighted by Crippen LogP contribution is -1.57. The Morgan fingerprint density at radius 3 is 2.60 bits per heavy atom. The van der Waals surface area contributed by atoms with Gasteiger partial charge < -0.3 is 4.42 Å². The fraction of sp³-hybridized carbons (Fsp3) is 0. The third-order valence-electron chi connectivity index (χ3n) is 1.36. The predicted molar refractivity (Wildman–Crippen MR) is 38.3 cm³/mol. The van der Waals surface area contributed by atoms with Crippen molar-refractivity contribution in [3.63, 3.8) is 0 Å². The van der Waals surface area contributed by atoms with Crippen molar-refractivity contribution in [2.75, 3.05) is 0 Å². The fourth-order valence-electron chi connectivity index (χ4n) is 0.906. The standard InChI is InChI=1S/C8H6O.N/c1-2-4-8-7(3-1)5-6-9-8;/h1-6H;. The van der Waals surface area contributed by atoms with Gasteiger partial charge in [-0.2, -0.15) is 0 Å². The third kappa shape index (κ3) is 0.890. The van der Waals surface area contributed by atoms with E-state index in [2.05, 4.69) is 0 Å². The summed E-state index contributed by atoms with van der Waals surface area (Å²) in [6, 6.07) is 9.90. The summed E-state index contributed by atoms with van der Waals surface area (Å²) in [5.74, 6) is 0. The monoisotopic (exact) mass is 132 g/mol. The molecule has 2 aromatic rings. The maximum atomic E-state index is 5.12. The Morgan fingerprint density at radius 2 is 1.80 bits per heavy atom. The van der Waals surface area contributed by atoms with Gasteiger partial charge >= 0.3 is 0 Å². The molecule has 0 spiro atoms. The molecule has 0 aliphatic heterocycles. The van der Waals surface area contributed by atoms with Crippen LogP contribution in [0.3, 0.4) is 0 Å². The van der Waals surface area contributed by atoms with Crippen LogP contribution in [-0.4, -0.2) is 0 Å². The number of nitrogens with zero attached hydrogens (tertiary/aromatic N) is 1. The molecule has 49 valence electrons. The molecule has 0 amide bonds. The third-order valence-corrected chi connectivity index (χ3v) is 1.36. The van der Waals surface area contributed by atoms with Crippen LogP contribution in [0.1, 0.15) is 0 Å². The van der Waals surface area contributed by atoms with E-state index in [-0.39, 0.29) is 6.15 Å². The van der Waals surface area contributed by atoms with E-state index in [1.165, 1.54) is 0 Å². The van der Waals surface area contributed by atoms with Gasteiger partial charge in [0.15, 0.2) is 0 Å². The van der Waals surface area contributed by atoms with Crippen LogP contribution in [0.2, 0.25) is 0 Å². The summed E-state index contributed by atoms with van der Waals surface area (Å²) in [7, 11) is 0. The molecule has 0 atom stereocenters. The lowest BCUT2D eigenvalue weighted by atomic mass is 10.3. The van der Waals surface area contributed by atoms with E-state index >= 15 is 0 Å². The van der Waals surface area contributed by atoms with Crippen LogP contribution in [0.5, 0.6) is 0 Å². The number of benzene rings is 1. The zero-order valence-electron chi connectivity index (χ0n) is 5.32. The van der Waals surface area contributed by atoms with Crippen LogP contribution < -0.4 is 6.15 Å². The highest BCUT2D eigenvalue weighted by Gasteiger charge is 1.89. The minimum atomic E-state index is 0. The predicted octanol–water partition coefficient (Wildman–Crippen LogP) is 1.95. The SMILES string of the molecule is [N].c1ccc2occc2c1. The van der Waals surface area contributed by atoms with Gasteiger partial charge in [0.1, 0.15) is 5.58 Å². The van der Waals surface area contributed by atoms with Crippen LogP contribution in [0, 0.1) is 0 Å². The van der Waals surface area contributed by atoms with Crippen molar-refractivity contribution in [1.82, 2.24) is 6.15 Å². The zero-order valence-corrected chi connectivity index (χ0v) is 5.32. The molecular formula is C8H6NO. The minimum Gasteiger partial charge on any atom is -0.464 e. The van der Waals surface area contributed by atoms with Crippen LogP contribution in [0.25, 0.3) is 11.0 Å². The number of furan rings is 1. The Morgan fingerprint density at radius 1 is 1.00 bits per heavy atom. The zero-order chi connectivity index (χ0) is 6.10. The van der Waals surface area contributed by atoms with E-state index in [1.807, 2.05) is 30.3 Å². The average Bonchev–Trinajstić information content (AvgIpc) is 2.33. The first-order valence-corrected chi connectivity index (χ1v) is 2.89. The highest BCUT2D eigenvalue weighted by molar-refractivity contribution is 5.76. The second kappa shape index (κ2) is 2.54. The summed E-state index contributed by atoms with van der Waals surface area (Å²) in [5, 5.41) is 1.16. The summed E-state index contributed by atoms with van der Waals surface area (Å²) in [4.78, 5) is 0. The first kappa shape index (κ1) is 6.83. The Labute approximate surface area is 59.0 Å². The average molecular weight is 132 g/mol. The lowest BCUT2D eigenvalue weighted by Gasteiger charge is -1.81. The highest BCUT2D eigenvalue weighted by Crippen LogP contribution is 2.12. The topological polar surface area (TPSA) is 43.6 Å². The van der Waals surface area contributed by atoms with E-state index in [4.69, 9.17) is 4.42 Å². The number of rotatable bonds is 0. The molecule has 10 heavy (non-hydrogen) atoms. The van der Waals surface area contributed by atoms with Crippen molar-refractivity contribution in [3.8, 4) is 0 Å². The molecule has 0 aliphatic carbocycles. The Bertz CT molecular complexity index is 283. The molecule has 0 aliphatic rings. The van der Waals surface area contributed by atoms with Gasteiger partial charge in [0.2, 0.25) is 0 Å². The maximum Gasteiger partial charge on any atom is 0.133 e. The molecule has 3 radical (unpaired) electrons. The number of hydrogen-bond donors (Lipinski definition) is 0. The molecule has 2 heteroatoms. The van der Waals surface area contributed by atoms with Crippen molar-refractivity contribution in [3.05, 3.63) is 36.6 Å². The van der Waals surface area contributed by atoms with Crippen LogP contribution in [-0.2, 0) is 0 Å². The van der Waals surface area contributed by atoms with Crippen molar-refractivity contribution in [2.24, 2.45) is 0 Å². The van der Waals surface area contributed by atoms with Crippen LogP contribution >= 0.6 is 0 Å². The van der Waals surface area contributed by atoms with E-state index in [0.29, 0.717) is 0 Å². The number of hydrogen-bond acceptors (Lipinski definition) is 1. The Hall–Kier alpha value is -1.28. The van der Waals surface area contributed by atoms with Crippen molar-refractivity contribution in [2.45, 2.75) is 0 Å². The summed E-state index contributed by atoms with van der Waals surface area (Å²) in [6.07, 6.45) is 1.70. The van der Waals surface area contributed by atoms with E-state index in [0.717, 1.165) is 11.0 Å². The van der Waals surface area contributed by atoms with Gasteiger partial charge in [-0.1, -0.05) is 18.2 Å². The maximum absolute atomic E-state index is 5.12. The van der Waals surface area contributed by atoms with E-state index in [1.54, 1.807) is 6.26 Å². The second-order valence-electron chi connectivity index (χ2n) is 1.96. The van der Waals surface area contributed by atoms with E-state index in [9.17, 15) is 0 Å². The lowest BCUT2D eigenvalue weighted by molar-refractivity contribution is 0.616. The first-order valence-electron chi connectivity index (χ1n) is 2.89. The normalized spacial score (nSPS) is 9.20. The molecule has 0 saturated carbocycles. The quantitative estimate of drug-likeness (QED) is 0.540. The highest BCUT2D eigenvalue weighted by atomic mass is 16.3. The molecule has 2 rings (SSSR count). The fourth-order valence-corrected chi connectivity index (χ4v) is 0.906. The molecule has 0 saturated heterocycles. The van der Waals surface area contributed by atoms with Gasteiger partial charge in [-0.05, 0) is 12.1 Å². The van der Waals surface area contributed by atoms with Gasteiger partial charge in [-0.3, -0.25) is 0 Å². The smallest absolute Gasteiger partial charge is 0.133 e. The molecule has 2 nitrogen and oxygen atoms in total. The van der Waals surface area contributed by atoms with Gasteiger partial charge in [-0.15, -0.1) is 0 Å². The molecule has 0 unspecified atom stereocenters. The number of fused-ring (bicyclic) bond motifs is 1. The van der Waals surface area contributed by atoms with Crippen molar-refractivity contribution >= 4 is 11.0 Å². The molecule has 0 fully saturated rings. The van der Waals surface area contributed by atoms with Gasteiger partial charge in [0.05, 0.1) is 6.26 Å². The molecule has 0 N–H and O–H groups in total. The van der Waals surface area contributed by atoms with Crippen molar-refractivity contribution in [1.29, 1.82) is 0 Å². The molecular weight excluding hydrogens is 126 g/mol.